The molecule has 0 spiro atoms. The largest absolute Gasteiger partial charge is 0.490 e. The van der Waals surface area contributed by atoms with E-state index in [1.54, 1.807) is 0 Å². The number of aliphatic hydroxyl groups is 1. The van der Waals surface area contributed by atoms with Crippen molar-refractivity contribution in [2.75, 3.05) is 25.7 Å². The number of ether oxygens (including phenoxy) is 4. The van der Waals surface area contributed by atoms with Crippen molar-refractivity contribution in [3.05, 3.63) is 59.7 Å². The summed E-state index contributed by atoms with van der Waals surface area (Å²) in [7, 11) is 0. The zero-order chi connectivity index (χ0) is 24.4. The number of hydrogen-bond donors (Lipinski definition) is 1. The third kappa shape index (κ3) is 8.26. The Labute approximate surface area is 199 Å². The molecule has 0 fully saturated rings. The first-order chi connectivity index (χ1) is 15.6. The van der Waals surface area contributed by atoms with Gasteiger partial charge in [-0.1, -0.05) is 38.1 Å². The molecule has 0 saturated carbocycles. The molecule has 2 rings (SSSR count). The van der Waals surface area contributed by atoms with E-state index in [1.807, 2.05) is 48.5 Å². The van der Waals surface area contributed by atoms with Crippen LogP contribution in [0.5, 0.6) is 11.5 Å². The molecule has 0 aliphatic carbocycles. The van der Waals surface area contributed by atoms with Gasteiger partial charge >= 0.3 is 11.9 Å². The van der Waals surface area contributed by atoms with Crippen molar-refractivity contribution < 1.29 is 33.6 Å². The second-order valence-electron chi connectivity index (χ2n) is 8.10. The number of alkyl halides is 1. The van der Waals surface area contributed by atoms with E-state index in [4.69, 9.17) is 30.5 Å². The van der Waals surface area contributed by atoms with Gasteiger partial charge in [0.15, 0.2) is 6.10 Å². The van der Waals surface area contributed by atoms with Crippen molar-refractivity contribution >= 4 is 23.5 Å². The number of aliphatic hydroxyl groups excluding tert-OH is 1. The molecule has 8 heteroatoms. The van der Waals surface area contributed by atoms with Gasteiger partial charge in [-0.15, -0.1) is 11.6 Å². The topological polar surface area (TPSA) is 91.3 Å². The van der Waals surface area contributed by atoms with Gasteiger partial charge in [0.2, 0.25) is 0 Å². The molecule has 0 aromatic heterocycles. The summed E-state index contributed by atoms with van der Waals surface area (Å²) in [6.45, 7) is 6.81. The highest BCUT2D eigenvalue weighted by atomic mass is 35.5. The molecule has 0 saturated heterocycles. The molecule has 1 N–H and O–H groups in total. The number of carbonyl (C=O) groups excluding carboxylic acids is 2. The number of halogens is 1. The zero-order valence-corrected chi connectivity index (χ0v) is 20.1. The average Bonchev–Trinajstić information content (AvgIpc) is 2.79. The Balaban J connectivity index is 1.99. The Morgan fingerprint density at radius 2 is 1.21 bits per heavy atom. The van der Waals surface area contributed by atoms with Crippen molar-refractivity contribution in [3.8, 4) is 11.5 Å². The van der Waals surface area contributed by atoms with Crippen molar-refractivity contribution in [1.82, 2.24) is 0 Å². The van der Waals surface area contributed by atoms with Crippen LogP contribution in [0.1, 0.15) is 38.8 Å². The molecule has 0 radical (unpaired) electrons. The summed E-state index contributed by atoms with van der Waals surface area (Å²) in [4.78, 5) is 22.1. The highest BCUT2D eigenvalue weighted by Crippen LogP contribution is 2.33. The highest BCUT2D eigenvalue weighted by Gasteiger charge is 2.23. The third-order valence-electron chi connectivity index (χ3n) is 5.06. The fourth-order valence-electron chi connectivity index (χ4n) is 3.18. The van der Waals surface area contributed by atoms with Crippen molar-refractivity contribution in [3.63, 3.8) is 0 Å². The highest BCUT2D eigenvalue weighted by molar-refractivity contribution is 6.18. The first-order valence-corrected chi connectivity index (χ1v) is 11.2. The molecule has 0 aliphatic heterocycles. The van der Waals surface area contributed by atoms with E-state index < -0.39 is 24.1 Å². The van der Waals surface area contributed by atoms with Crippen LogP contribution >= 0.6 is 11.6 Å². The maximum absolute atomic E-state index is 11.1. The molecule has 0 bridgehead atoms. The molecule has 2 aromatic carbocycles. The number of benzene rings is 2. The predicted molar refractivity (Wildman–Crippen MR) is 125 cm³/mol. The molecule has 2 unspecified atom stereocenters. The molecule has 33 heavy (non-hydrogen) atoms. The van der Waals surface area contributed by atoms with Crippen LogP contribution in [0.25, 0.3) is 0 Å². The summed E-state index contributed by atoms with van der Waals surface area (Å²) in [5.41, 5.74) is 1.89. The molecule has 0 heterocycles. The number of esters is 2. The Kier molecular flexibility index (Phi) is 10.0. The first kappa shape index (κ1) is 26.5. The van der Waals surface area contributed by atoms with Gasteiger partial charge in [-0.2, -0.15) is 0 Å². The lowest BCUT2D eigenvalue weighted by Gasteiger charge is -2.26. The van der Waals surface area contributed by atoms with Crippen LogP contribution in [-0.2, 0) is 24.5 Å². The van der Waals surface area contributed by atoms with E-state index in [-0.39, 0.29) is 31.1 Å². The van der Waals surface area contributed by atoms with Crippen LogP contribution in [0.3, 0.4) is 0 Å². The van der Waals surface area contributed by atoms with E-state index in [2.05, 4.69) is 13.8 Å². The summed E-state index contributed by atoms with van der Waals surface area (Å²) in [6, 6.07) is 15.4. The minimum absolute atomic E-state index is 0.0717. The summed E-state index contributed by atoms with van der Waals surface area (Å²) < 4.78 is 21.4. The molecule has 2 atom stereocenters. The van der Waals surface area contributed by atoms with Crippen molar-refractivity contribution in [2.45, 2.75) is 45.3 Å². The minimum Gasteiger partial charge on any atom is -0.490 e. The van der Waals surface area contributed by atoms with Gasteiger partial charge in [0.1, 0.15) is 30.8 Å². The third-order valence-corrected chi connectivity index (χ3v) is 5.41. The normalized spacial score (nSPS) is 13.0. The Morgan fingerprint density at radius 3 is 1.58 bits per heavy atom. The second-order valence-corrected chi connectivity index (χ2v) is 8.40. The molecule has 180 valence electrons. The van der Waals surface area contributed by atoms with Gasteiger partial charge in [0.25, 0.3) is 0 Å². The van der Waals surface area contributed by atoms with Gasteiger partial charge in [-0.05, 0) is 35.4 Å². The lowest BCUT2D eigenvalue weighted by molar-refractivity contribution is -0.150. The van der Waals surface area contributed by atoms with Crippen LogP contribution in [0, 0.1) is 0 Å². The molecule has 2 aromatic rings. The van der Waals surface area contributed by atoms with Crippen LogP contribution in [-0.4, -0.2) is 55.0 Å². The summed E-state index contributed by atoms with van der Waals surface area (Å²) in [6.07, 6.45) is -1.20. The van der Waals surface area contributed by atoms with Crippen LogP contribution in [0.15, 0.2) is 48.5 Å². The lowest BCUT2D eigenvalue weighted by Crippen LogP contribution is -2.27. The van der Waals surface area contributed by atoms with E-state index in [0.717, 1.165) is 11.1 Å². The fraction of sp³-hybridized carbons (Fsp3) is 0.440. The minimum atomic E-state index is -0.701. The van der Waals surface area contributed by atoms with Crippen molar-refractivity contribution in [1.29, 1.82) is 0 Å². The summed E-state index contributed by atoms with van der Waals surface area (Å²) in [5, 5.41) is 9.27. The Hall–Kier alpha value is -2.77. The van der Waals surface area contributed by atoms with Crippen LogP contribution < -0.4 is 9.47 Å². The molecule has 7 nitrogen and oxygen atoms in total. The fourth-order valence-corrected chi connectivity index (χ4v) is 3.34. The smallest absolute Gasteiger partial charge is 0.303 e. The lowest BCUT2D eigenvalue weighted by atomic mass is 9.78. The van der Waals surface area contributed by atoms with E-state index in [0.29, 0.717) is 11.5 Å². The number of rotatable bonds is 12. The van der Waals surface area contributed by atoms with Gasteiger partial charge < -0.3 is 24.1 Å². The second kappa shape index (κ2) is 12.5. The van der Waals surface area contributed by atoms with E-state index in [1.165, 1.54) is 13.8 Å². The van der Waals surface area contributed by atoms with Gasteiger partial charge in [0, 0.05) is 19.3 Å². The molecule has 0 aliphatic rings. The number of hydrogen-bond acceptors (Lipinski definition) is 7. The molecular formula is C25H31ClO7. The summed E-state index contributed by atoms with van der Waals surface area (Å²) in [5.74, 6) is 0.580. The Morgan fingerprint density at radius 1 is 0.818 bits per heavy atom. The zero-order valence-electron chi connectivity index (χ0n) is 19.4. The average molecular weight is 479 g/mol. The monoisotopic (exact) mass is 478 g/mol. The van der Waals surface area contributed by atoms with Crippen molar-refractivity contribution in [2.24, 2.45) is 0 Å². The standard InChI is InChI=1S/C25H31ClO7/c1-17(28)32-23(13-26)15-30-21-9-5-19(6-10-21)25(3,4)20-7-11-22(12-8-20)31-16-24(14-27)33-18(2)29/h5-12,23-24,27H,13-16H2,1-4H3. The van der Waals surface area contributed by atoms with E-state index in [9.17, 15) is 14.7 Å². The Bertz CT molecular complexity index is 820. The van der Waals surface area contributed by atoms with Gasteiger partial charge in [0.05, 0.1) is 12.5 Å². The SMILES string of the molecule is CC(=O)OC(CO)COc1ccc(C(C)(C)c2ccc(OCC(CCl)OC(C)=O)cc2)cc1. The maximum atomic E-state index is 11.1. The van der Waals surface area contributed by atoms with Gasteiger partial charge in [-0.3, -0.25) is 9.59 Å². The molecular weight excluding hydrogens is 448 g/mol. The van der Waals surface area contributed by atoms with E-state index >= 15 is 0 Å². The predicted octanol–water partition coefficient (Wildman–Crippen LogP) is 3.86. The van der Waals surface area contributed by atoms with Crippen LogP contribution in [0.4, 0.5) is 0 Å². The van der Waals surface area contributed by atoms with Gasteiger partial charge in [-0.25, -0.2) is 0 Å². The first-order valence-electron chi connectivity index (χ1n) is 10.6. The molecule has 0 amide bonds. The quantitative estimate of drug-likeness (QED) is 0.366. The summed E-state index contributed by atoms with van der Waals surface area (Å²) >= 11 is 5.81. The van der Waals surface area contributed by atoms with Crippen LogP contribution in [0.2, 0.25) is 0 Å². The number of carbonyl (C=O) groups is 2. The maximum Gasteiger partial charge on any atom is 0.303 e.